The average Bonchev–Trinajstić information content (AvgIpc) is 2.69. The van der Waals surface area contributed by atoms with Crippen molar-refractivity contribution in [2.75, 3.05) is 7.11 Å². The summed E-state index contributed by atoms with van der Waals surface area (Å²) in [5.41, 5.74) is 1.92. The number of pyridine rings is 1. The lowest BCUT2D eigenvalue weighted by Gasteiger charge is -2.31. The summed E-state index contributed by atoms with van der Waals surface area (Å²) in [5.74, 6) is 0.785. The van der Waals surface area contributed by atoms with Crippen molar-refractivity contribution in [2.45, 2.75) is 25.9 Å². The number of methoxy groups -OCH3 is 1. The summed E-state index contributed by atoms with van der Waals surface area (Å²) in [4.78, 5) is 18.9. The van der Waals surface area contributed by atoms with Gasteiger partial charge in [-0.25, -0.2) is 4.98 Å². The molecule has 0 atom stereocenters. The van der Waals surface area contributed by atoms with Gasteiger partial charge in [-0.2, -0.15) is 0 Å². The molecular formula is C17H17ClN2O2. The standard InChI is InChI=1S/C17H17ClN2O2/c1-17(2)15-13(8-9-14(18)19-15)16(21)20(17)10-11-4-6-12(22-3)7-5-11/h4-9H,10H2,1-3H3. The van der Waals surface area contributed by atoms with Gasteiger partial charge in [-0.1, -0.05) is 23.7 Å². The molecule has 0 saturated heterocycles. The minimum absolute atomic E-state index is 0.0139. The van der Waals surface area contributed by atoms with Gasteiger partial charge in [0.25, 0.3) is 5.91 Å². The van der Waals surface area contributed by atoms with Gasteiger partial charge in [-0.3, -0.25) is 4.79 Å². The molecule has 1 amide bonds. The van der Waals surface area contributed by atoms with Crippen LogP contribution < -0.4 is 4.74 Å². The fraction of sp³-hybridized carbons (Fsp3) is 0.294. The minimum Gasteiger partial charge on any atom is -0.497 e. The lowest BCUT2D eigenvalue weighted by atomic mass is 9.99. The summed E-state index contributed by atoms with van der Waals surface area (Å²) >= 11 is 5.98. The first-order valence-electron chi connectivity index (χ1n) is 7.05. The molecule has 1 aliphatic heterocycles. The Balaban J connectivity index is 1.93. The first-order valence-corrected chi connectivity index (χ1v) is 7.43. The molecule has 2 aromatic rings. The van der Waals surface area contributed by atoms with Crippen LogP contribution in [0.25, 0.3) is 0 Å². The van der Waals surface area contributed by atoms with Crippen LogP contribution in [0.5, 0.6) is 5.75 Å². The number of benzene rings is 1. The summed E-state index contributed by atoms with van der Waals surface area (Å²) in [7, 11) is 1.63. The number of hydrogen-bond donors (Lipinski definition) is 0. The van der Waals surface area contributed by atoms with Crippen LogP contribution in [0.4, 0.5) is 0 Å². The van der Waals surface area contributed by atoms with E-state index in [2.05, 4.69) is 4.98 Å². The number of hydrogen-bond acceptors (Lipinski definition) is 3. The van der Waals surface area contributed by atoms with Crippen LogP contribution in [-0.2, 0) is 12.1 Å². The SMILES string of the molecule is COc1ccc(CN2C(=O)c3ccc(Cl)nc3C2(C)C)cc1. The van der Waals surface area contributed by atoms with Crippen molar-refractivity contribution < 1.29 is 9.53 Å². The molecule has 3 rings (SSSR count). The molecule has 0 aliphatic carbocycles. The van der Waals surface area contributed by atoms with Crippen LogP contribution in [0.2, 0.25) is 5.15 Å². The zero-order chi connectivity index (χ0) is 15.9. The highest BCUT2D eigenvalue weighted by Gasteiger charge is 2.44. The molecule has 0 unspecified atom stereocenters. The number of halogens is 1. The normalized spacial score (nSPS) is 15.8. The number of amides is 1. The molecule has 0 spiro atoms. The van der Waals surface area contributed by atoms with Crippen LogP contribution in [0, 0.1) is 0 Å². The van der Waals surface area contributed by atoms with Crippen molar-refractivity contribution in [3.8, 4) is 5.75 Å². The van der Waals surface area contributed by atoms with E-state index < -0.39 is 5.54 Å². The van der Waals surface area contributed by atoms with E-state index in [-0.39, 0.29) is 5.91 Å². The maximum absolute atomic E-state index is 12.7. The highest BCUT2D eigenvalue weighted by atomic mass is 35.5. The molecule has 1 aromatic carbocycles. The third kappa shape index (κ3) is 2.33. The largest absolute Gasteiger partial charge is 0.497 e. The Bertz CT molecular complexity index is 726. The Morgan fingerprint density at radius 1 is 1.18 bits per heavy atom. The second-order valence-electron chi connectivity index (χ2n) is 5.83. The Hall–Kier alpha value is -2.07. The Kier molecular flexibility index (Phi) is 3.57. The van der Waals surface area contributed by atoms with Gasteiger partial charge in [-0.05, 0) is 43.7 Å². The molecular weight excluding hydrogens is 300 g/mol. The van der Waals surface area contributed by atoms with Crippen molar-refractivity contribution in [3.05, 3.63) is 58.4 Å². The minimum atomic E-state index is -0.489. The molecule has 0 fully saturated rings. The zero-order valence-electron chi connectivity index (χ0n) is 12.8. The molecule has 0 N–H and O–H groups in total. The summed E-state index contributed by atoms with van der Waals surface area (Å²) in [6, 6.07) is 11.1. The highest BCUT2D eigenvalue weighted by Crippen LogP contribution is 2.39. The summed E-state index contributed by atoms with van der Waals surface area (Å²) in [6.45, 7) is 4.50. The van der Waals surface area contributed by atoms with Crippen LogP contribution in [0.15, 0.2) is 36.4 Å². The predicted octanol–water partition coefficient (Wildman–Crippen LogP) is 3.63. The molecule has 0 radical (unpaired) electrons. The number of nitrogens with zero attached hydrogens (tertiary/aromatic N) is 2. The molecule has 0 saturated carbocycles. The van der Waals surface area contributed by atoms with E-state index in [0.717, 1.165) is 17.0 Å². The topological polar surface area (TPSA) is 42.4 Å². The van der Waals surface area contributed by atoms with E-state index in [1.807, 2.05) is 43.0 Å². The van der Waals surface area contributed by atoms with Crippen LogP contribution >= 0.6 is 11.6 Å². The van der Waals surface area contributed by atoms with Crippen LogP contribution in [0.1, 0.15) is 35.5 Å². The summed E-state index contributed by atoms with van der Waals surface area (Å²) < 4.78 is 5.16. The smallest absolute Gasteiger partial charge is 0.256 e. The van der Waals surface area contributed by atoms with Gasteiger partial charge in [0.2, 0.25) is 0 Å². The number of carbonyl (C=O) groups is 1. The third-order valence-corrected chi connectivity index (χ3v) is 4.30. The first kappa shape index (κ1) is 14.9. The van der Waals surface area contributed by atoms with E-state index in [9.17, 15) is 4.79 Å². The van der Waals surface area contributed by atoms with Crippen LogP contribution in [0.3, 0.4) is 0 Å². The average molecular weight is 317 g/mol. The van der Waals surface area contributed by atoms with Crippen LogP contribution in [-0.4, -0.2) is 22.9 Å². The molecule has 4 nitrogen and oxygen atoms in total. The summed E-state index contributed by atoms with van der Waals surface area (Å²) in [5, 5.41) is 0.408. The molecule has 1 aliphatic rings. The molecule has 5 heteroatoms. The molecule has 1 aromatic heterocycles. The number of aromatic nitrogens is 1. The lowest BCUT2D eigenvalue weighted by Crippen LogP contribution is -2.38. The van der Waals surface area contributed by atoms with E-state index in [1.54, 1.807) is 19.2 Å². The van der Waals surface area contributed by atoms with E-state index in [1.165, 1.54) is 0 Å². The second-order valence-corrected chi connectivity index (χ2v) is 6.22. The van der Waals surface area contributed by atoms with Gasteiger partial charge in [0.05, 0.1) is 23.9 Å². The van der Waals surface area contributed by atoms with Gasteiger partial charge in [0.1, 0.15) is 10.9 Å². The Morgan fingerprint density at radius 3 is 2.50 bits per heavy atom. The van der Waals surface area contributed by atoms with Gasteiger partial charge < -0.3 is 9.64 Å². The van der Waals surface area contributed by atoms with Crippen molar-refractivity contribution in [1.82, 2.24) is 9.88 Å². The van der Waals surface area contributed by atoms with Gasteiger partial charge in [0.15, 0.2) is 0 Å². The number of ether oxygens (including phenoxy) is 1. The lowest BCUT2D eigenvalue weighted by molar-refractivity contribution is 0.0591. The molecule has 114 valence electrons. The van der Waals surface area contributed by atoms with Crippen molar-refractivity contribution >= 4 is 17.5 Å². The monoisotopic (exact) mass is 316 g/mol. The van der Waals surface area contributed by atoms with Crippen molar-refractivity contribution in [3.63, 3.8) is 0 Å². The highest BCUT2D eigenvalue weighted by molar-refractivity contribution is 6.29. The molecule has 0 bridgehead atoms. The first-order chi connectivity index (χ1) is 10.4. The maximum Gasteiger partial charge on any atom is 0.256 e. The Labute approximate surface area is 134 Å². The fourth-order valence-corrected chi connectivity index (χ4v) is 2.93. The second kappa shape index (κ2) is 5.29. The van der Waals surface area contributed by atoms with Gasteiger partial charge in [-0.15, -0.1) is 0 Å². The molecule has 22 heavy (non-hydrogen) atoms. The predicted molar refractivity (Wildman–Crippen MR) is 85.1 cm³/mol. The number of fused-ring (bicyclic) bond motifs is 1. The number of carbonyl (C=O) groups excluding carboxylic acids is 1. The Morgan fingerprint density at radius 2 is 1.86 bits per heavy atom. The van der Waals surface area contributed by atoms with Gasteiger partial charge >= 0.3 is 0 Å². The third-order valence-electron chi connectivity index (χ3n) is 4.09. The van der Waals surface area contributed by atoms with E-state index >= 15 is 0 Å². The van der Waals surface area contributed by atoms with Crippen molar-refractivity contribution in [2.24, 2.45) is 0 Å². The molecule has 2 heterocycles. The van der Waals surface area contributed by atoms with E-state index in [0.29, 0.717) is 17.3 Å². The quantitative estimate of drug-likeness (QED) is 0.812. The summed E-state index contributed by atoms with van der Waals surface area (Å²) in [6.07, 6.45) is 0. The van der Waals surface area contributed by atoms with E-state index in [4.69, 9.17) is 16.3 Å². The zero-order valence-corrected chi connectivity index (χ0v) is 13.5. The fourth-order valence-electron chi connectivity index (χ4n) is 2.78. The number of rotatable bonds is 3. The van der Waals surface area contributed by atoms with Gasteiger partial charge in [0, 0.05) is 6.54 Å². The van der Waals surface area contributed by atoms with Crippen molar-refractivity contribution in [1.29, 1.82) is 0 Å². The maximum atomic E-state index is 12.7.